The molecular formula is C24H26F3N3O3. The van der Waals surface area contributed by atoms with Crippen molar-refractivity contribution in [1.82, 2.24) is 14.5 Å². The van der Waals surface area contributed by atoms with E-state index >= 15 is 0 Å². The van der Waals surface area contributed by atoms with E-state index in [0.29, 0.717) is 30.3 Å². The number of carboxylic acid groups (broad SMARTS) is 1. The number of imidazole rings is 1. The molecule has 0 unspecified atom stereocenters. The first-order chi connectivity index (χ1) is 15.6. The lowest BCUT2D eigenvalue weighted by Gasteiger charge is -2.15. The fraction of sp³-hybridized carbons (Fsp3) is 0.375. The van der Waals surface area contributed by atoms with Gasteiger partial charge in [-0.2, -0.15) is 13.2 Å². The first-order valence-corrected chi connectivity index (χ1v) is 10.6. The molecule has 3 aromatic rings. The summed E-state index contributed by atoms with van der Waals surface area (Å²) in [6, 6.07) is 9.87. The Morgan fingerprint density at radius 2 is 1.91 bits per heavy atom. The van der Waals surface area contributed by atoms with Crippen molar-refractivity contribution in [3.05, 3.63) is 65.7 Å². The molecule has 33 heavy (non-hydrogen) atoms. The Hall–Kier alpha value is -3.36. The van der Waals surface area contributed by atoms with Crippen LogP contribution >= 0.6 is 0 Å². The Labute approximate surface area is 190 Å². The second-order valence-corrected chi connectivity index (χ2v) is 8.04. The van der Waals surface area contributed by atoms with Gasteiger partial charge in [-0.1, -0.05) is 25.1 Å². The van der Waals surface area contributed by atoms with Crippen molar-refractivity contribution in [2.45, 2.75) is 45.8 Å². The Balaban J connectivity index is 1.72. The summed E-state index contributed by atoms with van der Waals surface area (Å²) in [5.41, 5.74) is 1.29. The van der Waals surface area contributed by atoms with Crippen molar-refractivity contribution in [2.75, 3.05) is 6.61 Å². The lowest BCUT2D eigenvalue weighted by atomic mass is 10.0. The molecule has 0 bridgehead atoms. The molecule has 0 fully saturated rings. The summed E-state index contributed by atoms with van der Waals surface area (Å²) < 4.78 is 46.4. The van der Waals surface area contributed by atoms with Crippen LogP contribution in [0.3, 0.4) is 0 Å². The summed E-state index contributed by atoms with van der Waals surface area (Å²) in [6.07, 6.45) is -0.0265. The van der Waals surface area contributed by atoms with E-state index in [1.165, 1.54) is 12.3 Å². The molecule has 3 rings (SSSR count). The average Bonchev–Trinajstić information content (AvgIpc) is 3.11. The molecule has 9 heteroatoms. The molecule has 1 N–H and O–H groups in total. The average molecular weight is 461 g/mol. The van der Waals surface area contributed by atoms with Gasteiger partial charge in [0, 0.05) is 35.6 Å². The van der Waals surface area contributed by atoms with Gasteiger partial charge in [0.15, 0.2) is 0 Å². The minimum Gasteiger partial charge on any atom is -0.493 e. The van der Waals surface area contributed by atoms with Gasteiger partial charge in [0.05, 0.1) is 13.2 Å². The molecule has 1 atom stereocenters. The quantitative estimate of drug-likeness (QED) is 0.398. The Bertz CT molecular complexity index is 1080. The third-order valence-corrected chi connectivity index (χ3v) is 5.29. The predicted molar refractivity (Wildman–Crippen MR) is 117 cm³/mol. The van der Waals surface area contributed by atoms with Gasteiger partial charge in [0.2, 0.25) is 0 Å². The number of pyridine rings is 1. The second-order valence-electron chi connectivity index (χ2n) is 8.04. The highest BCUT2D eigenvalue weighted by Crippen LogP contribution is 2.30. The van der Waals surface area contributed by atoms with Crippen molar-refractivity contribution in [2.24, 2.45) is 5.92 Å². The number of rotatable bonds is 10. The minimum absolute atomic E-state index is 0.0786. The van der Waals surface area contributed by atoms with E-state index in [1.807, 2.05) is 42.7 Å². The Morgan fingerprint density at radius 1 is 1.15 bits per heavy atom. The molecule has 0 spiro atoms. The fourth-order valence-electron chi connectivity index (χ4n) is 3.54. The number of carboxylic acids is 1. The number of hydrogen-bond acceptors (Lipinski definition) is 4. The van der Waals surface area contributed by atoms with Crippen LogP contribution in [0.2, 0.25) is 0 Å². The highest BCUT2D eigenvalue weighted by atomic mass is 19.4. The van der Waals surface area contributed by atoms with Gasteiger partial charge < -0.3 is 14.4 Å². The van der Waals surface area contributed by atoms with Crippen LogP contribution in [0.25, 0.3) is 11.4 Å². The Kier molecular flexibility index (Phi) is 7.73. The molecule has 0 aliphatic rings. The molecule has 0 radical (unpaired) electrons. The summed E-state index contributed by atoms with van der Waals surface area (Å²) >= 11 is 0. The van der Waals surface area contributed by atoms with E-state index < -0.39 is 17.8 Å². The van der Waals surface area contributed by atoms with Gasteiger partial charge in [0.25, 0.3) is 0 Å². The normalized spacial score (nSPS) is 12.5. The molecule has 1 aromatic carbocycles. The van der Waals surface area contributed by atoms with Crippen LogP contribution < -0.4 is 4.74 Å². The van der Waals surface area contributed by atoms with Crippen LogP contribution in [0, 0.1) is 12.8 Å². The number of aromatic nitrogens is 3. The van der Waals surface area contributed by atoms with Crippen LogP contribution in [0.4, 0.5) is 13.2 Å². The number of aryl methyl sites for hydroxylation is 1. The maximum absolute atomic E-state index is 12.8. The smallest absolute Gasteiger partial charge is 0.433 e. The summed E-state index contributed by atoms with van der Waals surface area (Å²) in [6.45, 7) is 4.66. The van der Waals surface area contributed by atoms with E-state index in [1.54, 1.807) is 6.20 Å². The number of hydrogen-bond donors (Lipinski definition) is 1. The number of halogens is 3. The largest absolute Gasteiger partial charge is 0.493 e. The molecule has 0 aliphatic heterocycles. The van der Waals surface area contributed by atoms with Crippen LogP contribution in [0.15, 0.2) is 48.8 Å². The van der Waals surface area contributed by atoms with E-state index in [0.717, 1.165) is 30.2 Å². The molecular weight excluding hydrogens is 435 g/mol. The van der Waals surface area contributed by atoms with Gasteiger partial charge in [-0.05, 0) is 43.9 Å². The van der Waals surface area contributed by atoms with E-state index in [2.05, 4.69) is 9.97 Å². The zero-order valence-electron chi connectivity index (χ0n) is 18.5. The highest BCUT2D eigenvalue weighted by molar-refractivity contribution is 5.66. The third-order valence-electron chi connectivity index (χ3n) is 5.29. The van der Waals surface area contributed by atoms with Crippen molar-refractivity contribution in [1.29, 1.82) is 0 Å². The number of aliphatic carboxylic acids is 1. The molecule has 0 amide bonds. The number of nitrogens with zero attached hydrogens (tertiary/aromatic N) is 3. The van der Waals surface area contributed by atoms with E-state index in [9.17, 15) is 18.0 Å². The van der Waals surface area contributed by atoms with Crippen molar-refractivity contribution < 1.29 is 27.8 Å². The second kappa shape index (κ2) is 10.5. The lowest BCUT2D eigenvalue weighted by Crippen LogP contribution is -2.09. The topological polar surface area (TPSA) is 77.2 Å². The number of benzene rings is 1. The molecule has 0 aliphatic carbocycles. The lowest BCUT2D eigenvalue weighted by molar-refractivity contribution is -0.141. The predicted octanol–water partition coefficient (Wildman–Crippen LogP) is 5.59. The van der Waals surface area contributed by atoms with Crippen LogP contribution in [0.5, 0.6) is 5.75 Å². The first kappa shape index (κ1) is 24.3. The van der Waals surface area contributed by atoms with Crippen LogP contribution in [0.1, 0.15) is 43.1 Å². The van der Waals surface area contributed by atoms with Gasteiger partial charge in [0.1, 0.15) is 17.3 Å². The molecule has 6 nitrogen and oxygen atoms in total. The summed E-state index contributed by atoms with van der Waals surface area (Å²) in [4.78, 5) is 18.7. The molecule has 2 aromatic heterocycles. The van der Waals surface area contributed by atoms with Gasteiger partial charge in [-0.25, -0.2) is 4.98 Å². The number of carbonyl (C=O) groups is 1. The molecule has 0 saturated heterocycles. The maximum atomic E-state index is 12.8. The standard InChI is InChI=1S/C24H26F3N3O3/c1-16(12-22(31)32)6-5-11-33-20-8-4-3-7-19(20)15-30-17(2)13-29-23(30)18-9-10-21(28-14-18)24(25,26)27/h3-4,7-10,13-14,16H,5-6,11-12,15H2,1-2H3,(H,31,32)/t16-/m0/s1. The van der Waals surface area contributed by atoms with Crippen LogP contribution in [-0.2, 0) is 17.5 Å². The molecule has 176 valence electrons. The first-order valence-electron chi connectivity index (χ1n) is 10.6. The third kappa shape index (κ3) is 6.57. The van der Waals surface area contributed by atoms with Crippen molar-refractivity contribution in [3.63, 3.8) is 0 Å². The van der Waals surface area contributed by atoms with Crippen molar-refractivity contribution >= 4 is 5.97 Å². The minimum atomic E-state index is -4.49. The summed E-state index contributed by atoms with van der Waals surface area (Å²) in [5.74, 6) is 0.498. The zero-order chi connectivity index (χ0) is 24.0. The zero-order valence-corrected chi connectivity index (χ0v) is 18.5. The summed E-state index contributed by atoms with van der Waals surface area (Å²) in [7, 11) is 0. The molecule has 2 heterocycles. The SMILES string of the molecule is Cc1cnc(-c2ccc(C(F)(F)F)nc2)n1Cc1ccccc1OCCC[C@H](C)CC(=O)O. The van der Waals surface area contributed by atoms with Gasteiger partial charge in [-0.3, -0.25) is 9.78 Å². The fourth-order valence-corrected chi connectivity index (χ4v) is 3.54. The van der Waals surface area contributed by atoms with E-state index in [4.69, 9.17) is 9.84 Å². The maximum Gasteiger partial charge on any atom is 0.433 e. The van der Waals surface area contributed by atoms with Crippen LogP contribution in [-0.4, -0.2) is 32.2 Å². The number of alkyl halides is 3. The Morgan fingerprint density at radius 3 is 2.58 bits per heavy atom. The van der Waals surface area contributed by atoms with E-state index in [-0.39, 0.29) is 12.3 Å². The number of ether oxygens (including phenoxy) is 1. The summed E-state index contributed by atoms with van der Waals surface area (Å²) in [5, 5.41) is 8.86. The highest BCUT2D eigenvalue weighted by Gasteiger charge is 2.32. The monoisotopic (exact) mass is 461 g/mol. The van der Waals surface area contributed by atoms with Crippen molar-refractivity contribution in [3.8, 4) is 17.1 Å². The number of para-hydroxylation sites is 1. The molecule has 0 saturated carbocycles. The van der Waals surface area contributed by atoms with Gasteiger partial charge in [-0.15, -0.1) is 0 Å². The van der Waals surface area contributed by atoms with Gasteiger partial charge >= 0.3 is 12.1 Å².